The zero-order valence-electron chi connectivity index (χ0n) is 11.8. The van der Waals surface area contributed by atoms with Crippen LogP contribution in [0.15, 0.2) is 54.6 Å². The Labute approximate surface area is 122 Å². The van der Waals surface area contributed by atoms with Gasteiger partial charge in [0, 0.05) is 6.04 Å². The maximum absolute atomic E-state index is 12.7. The predicted octanol–water partition coefficient (Wildman–Crippen LogP) is 4.58. The van der Waals surface area contributed by atoms with Crippen LogP contribution in [0.3, 0.4) is 0 Å². The van der Waals surface area contributed by atoms with E-state index in [0.717, 1.165) is 11.6 Å². The van der Waals surface area contributed by atoms with Crippen LogP contribution in [-0.2, 0) is 12.6 Å². The Morgan fingerprint density at radius 3 is 2.29 bits per heavy atom. The molecule has 2 N–H and O–H groups in total. The molecule has 0 aliphatic carbocycles. The fraction of sp³-hybridized carbons (Fsp3) is 0.294. The molecule has 0 spiro atoms. The zero-order chi connectivity index (χ0) is 15.5. The molecule has 0 saturated carbocycles. The van der Waals surface area contributed by atoms with Gasteiger partial charge in [-0.3, -0.25) is 0 Å². The fourth-order valence-electron chi connectivity index (χ4n) is 2.38. The van der Waals surface area contributed by atoms with E-state index in [9.17, 15) is 13.2 Å². The van der Waals surface area contributed by atoms with Crippen molar-refractivity contribution in [3.8, 4) is 0 Å². The van der Waals surface area contributed by atoms with Crippen molar-refractivity contribution in [3.05, 3.63) is 71.3 Å². The molecule has 2 aromatic carbocycles. The number of halogens is 3. The lowest BCUT2D eigenvalue weighted by Crippen LogP contribution is -2.21. The van der Waals surface area contributed by atoms with Gasteiger partial charge in [-0.25, -0.2) is 0 Å². The van der Waals surface area contributed by atoms with Crippen LogP contribution in [0.2, 0.25) is 0 Å². The molecule has 0 aliphatic rings. The van der Waals surface area contributed by atoms with E-state index in [1.165, 1.54) is 12.1 Å². The average molecular weight is 293 g/mol. The van der Waals surface area contributed by atoms with Crippen molar-refractivity contribution in [2.24, 2.45) is 11.7 Å². The molecule has 21 heavy (non-hydrogen) atoms. The van der Waals surface area contributed by atoms with Crippen molar-refractivity contribution in [1.82, 2.24) is 0 Å². The summed E-state index contributed by atoms with van der Waals surface area (Å²) in [4.78, 5) is 0. The first kappa shape index (κ1) is 15.6. The lowest BCUT2D eigenvalue weighted by molar-refractivity contribution is -0.137. The van der Waals surface area contributed by atoms with E-state index in [1.54, 1.807) is 6.07 Å². The highest BCUT2D eigenvalue weighted by atomic mass is 19.4. The van der Waals surface area contributed by atoms with Crippen molar-refractivity contribution >= 4 is 0 Å². The van der Waals surface area contributed by atoms with Crippen molar-refractivity contribution in [3.63, 3.8) is 0 Å². The Morgan fingerprint density at radius 2 is 1.67 bits per heavy atom. The molecule has 0 aromatic heterocycles. The molecular formula is C17H18F3N. The standard InChI is InChI=1S/C17H18F3N/c1-12(16(21)14-7-3-2-4-8-14)10-13-6-5-9-15(11-13)17(18,19)20/h2-9,11-12,16H,10,21H2,1H3. The van der Waals surface area contributed by atoms with Gasteiger partial charge in [-0.05, 0) is 29.5 Å². The first-order valence-corrected chi connectivity index (χ1v) is 6.84. The van der Waals surface area contributed by atoms with Crippen LogP contribution in [0.1, 0.15) is 29.7 Å². The lowest BCUT2D eigenvalue weighted by Gasteiger charge is -2.21. The van der Waals surface area contributed by atoms with Crippen molar-refractivity contribution in [2.75, 3.05) is 0 Å². The van der Waals surface area contributed by atoms with Crippen LogP contribution in [0, 0.1) is 5.92 Å². The summed E-state index contributed by atoms with van der Waals surface area (Å²) in [6.45, 7) is 1.96. The number of hydrogen-bond donors (Lipinski definition) is 1. The summed E-state index contributed by atoms with van der Waals surface area (Å²) < 4.78 is 38.1. The molecule has 0 heterocycles. The summed E-state index contributed by atoms with van der Waals surface area (Å²) in [6.07, 6.45) is -3.79. The van der Waals surface area contributed by atoms with E-state index in [0.29, 0.717) is 12.0 Å². The number of rotatable bonds is 4. The summed E-state index contributed by atoms with van der Waals surface area (Å²) >= 11 is 0. The van der Waals surface area contributed by atoms with Gasteiger partial charge in [-0.2, -0.15) is 13.2 Å². The Morgan fingerprint density at radius 1 is 1.00 bits per heavy atom. The van der Waals surface area contributed by atoms with Crippen LogP contribution in [0.5, 0.6) is 0 Å². The molecule has 2 unspecified atom stereocenters. The van der Waals surface area contributed by atoms with E-state index >= 15 is 0 Å². The molecule has 0 radical (unpaired) electrons. The van der Waals surface area contributed by atoms with Gasteiger partial charge in [0.25, 0.3) is 0 Å². The normalized spacial score (nSPS) is 14.7. The van der Waals surface area contributed by atoms with Crippen LogP contribution < -0.4 is 5.73 Å². The van der Waals surface area contributed by atoms with Gasteiger partial charge in [-0.15, -0.1) is 0 Å². The second-order valence-corrected chi connectivity index (χ2v) is 5.32. The summed E-state index contributed by atoms with van der Waals surface area (Å²) in [5.41, 5.74) is 7.23. The molecule has 2 atom stereocenters. The third kappa shape index (κ3) is 4.08. The Balaban J connectivity index is 2.11. The SMILES string of the molecule is CC(Cc1cccc(C(F)(F)F)c1)C(N)c1ccccc1. The zero-order valence-corrected chi connectivity index (χ0v) is 11.8. The highest BCUT2D eigenvalue weighted by Gasteiger charge is 2.30. The fourth-order valence-corrected chi connectivity index (χ4v) is 2.38. The van der Waals surface area contributed by atoms with E-state index in [1.807, 2.05) is 37.3 Å². The molecule has 0 amide bonds. The lowest BCUT2D eigenvalue weighted by atomic mass is 9.89. The number of hydrogen-bond acceptors (Lipinski definition) is 1. The molecule has 112 valence electrons. The maximum atomic E-state index is 12.7. The van der Waals surface area contributed by atoms with Crippen molar-refractivity contribution < 1.29 is 13.2 Å². The van der Waals surface area contributed by atoms with Crippen LogP contribution in [0.4, 0.5) is 13.2 Å². The largest absolute Gasteiger partial charge is 0.416 e. The molecule has 0 bridgehead atoms. The van der Waals surface area contributed by atoms with Gasteiger partial charge in [0.15, 0.2) is 0 Å². The minimum Gasteiger partial charge on any atom is -0.324 e. The summed E-state index contributed by atoms with van der Waals surface area (Å²) in [7, 11) is 0. The maximum Gasteiger partial charge on any atom is 0.416 e. The monoisotopic (exact) mass is 293 g/mol. The second kappa shape index (κ2) is 6.31. The highest BCUT2D eigenvalue weighted by Crippen LogP contribution is 2.30. The Bertz CT molecular complexity index is 578. The van der Waals surface area contributed by atoms with Crippen LogP contribution in [0.25, 0.3) is 0 Å². The van der Waals surface area contributed by atoms with Crippen molar-refractivity contribution in [1.29, 1.82) is 0 Å². The average Bonchev–Trinajstić information content (AvgIpc) is 2.47. The first-order valence-electron chi connectivity index (χ1n) is 6.84. The van der Waals surface area contributed by atoms with Gasteiger partial charge < -0.3 is 5.73 Å². The molecule has 0 fully saturated rings. The third-order valence-corrected chi connectivity index (χ3v) is 3.61. The molecule has 2 aromatic rings. The topological polar surface area (TPSA) is 26.0 Å². The number of alkyl halides is 3. The smallest absolute Gasteiger partial charge is 0.324 e. The molecule has 0 aliphatic heterocycles. The molecule has 0 saturated heterocycles. The van der Waals surface area contributed by atoms with Gasteiger partial charge >= 0.3 is 6.18 Å². The third-order valence-electron chi connectivity index (χ3n) is 3.61. The molecule has 2 rings (SSSR count). The summed E-state index contributed by atoms with van der Waals surface area (Å²) in [5, 5.41) is 0. The highest BCUT2D eigenvalue weighted by molar-refractivity contribution is 5.27. The Hall–Kier alpha value is -1.81. The van der Waals surface area contributed by atoms with E-state index in [2.05, 4.69) is 0 Å². The summed E-state index contributed by atoms with van der Waals surface area (Å²) in [5.74, 6) is 0.0517. The van der Waals surface area contributed by atoms with Gasteiger partial charge in [-0.1, -0.05) is 55.5 Å². The summed E-state index contributed by atoms with van der Waals surface area (Å²) in [6, 6.07) is 14.9. The van der Waals surface area contributed by atoms with Crippen molar-refractivity contribution in [2.45, 2.75) is 25.6 Å². The number of benzene rings is 2. The first-order chi connectivity index (χ1) is 9.88. The molecular weight excluding hydrogens is 275 g/mol. The van der Waals surface area contributed by atoms with Gasteiger partial charge in [0.2, 0.25) is 0 Å². The number of nitrogens with two attached hydrogens (primary N) is 1. The van der Waals surface area contributed by atoms with Crippen LogP contribution in [-0.4, -0.2) is 0 Å². The van der Waals surface area contributed by atoms with E-state index in [4.69, 9.17) is 5.73 Å². The van der Waals surface area contributed by atoms with E-state index in [-0.39, 0.29) is 12.0 Å². The predicted molar refractivity (Wildman–Crippen MR) is 77.7 cm³/mol. The quantitative estimate of drug-likeness (QED) is 0.877. The van der Waals surface area contributed by atoms with Gasteiger partial charge in [0.05, 0.1) is 5.56 Å². The van der Waals surface area contributed by atoms with Crippen LogP contribution >= 0.6 is 0 Å². The minimum absolute atomic E-state index is 0.0517. The minimum atomic E-state index is -4.30. The van der Waals surface area contributed by atoms with Gasteiger partial charge in [0.1, 0.15) is 0 Å². The Kier molecular flexibility index (Phi) is 4.68. The molecule has 1 nitrogen and oxygen atoms in total. The second-order valence-electron chi connectivity index (χ2n) is 5.32. The van der Waals surface area contributed by atoms with E-state index < -0.39 is 11.7 Å². The molecule has 4 heteroatoms.